The molecule has 0 bridgehead atoms. The van der Waals surface area contributed by atoms with Crippen molar-refractivity contribution in [3.63, 3.8) is 0 Å². The topological polar surface area (TPSA) is 103 Å². The molecule has 0 radical (unpaired) electrons. The third kappa shape index (κ3) is 4.19. The highest BCUT2D eigenvalue weighted by Crippen LogP contribution is 2.38. The van der Waals surface area contributed by atoms with E-state index in [9.17, 15) is 14.4 Å². The molecule has 170 valence electrons. The summed E-state index contributed by atoms with van der Waals surface area (Å²) < 4.78 is 12.5. The lowest BCUT2D eigenvalue weighted by Crippen LogP contribution is -2.34. The molecule has 1 aliphatic heterocycles. The Balaban J connectivity index is 1.38. The van der Waals surface area contributed by atoms with Gasteiger partial charge in [0.1, 0.15) is 5.82 Å². The van der Waals surface area contributed by atoms with Crippen molar-refractivity contribution in [3.8, 4) is 11.5 Å². The fourth-order valence-corrected chi connectivity index (χ4v) is 4.67. The van der Waals surface area contributed by atoms with E-state index < -0.39 is 0 Å². The van der Waals surface area contributed by atoms with Crippen LogP contribution in [0.3, 0.4) is 0 Å². The van der Waals surface area contributed by atoms with Crippen LogP contribution in [-0.4, -0.2) is 53.2 Å². The molecular weight excluding hydrogens is 412 g/mol. The van der Waals surface area contributed by atoms with Crippen LogP contribution in [0.4, 0.5) is 5.82 Å². The summed E-state index contributed by atoms with van der Waals surface area (Å²) in [6.07, 6.45) is 5.15. The third-order valence-electron chi connectivity index (χ3n) is 6.28. The molecule has 1 aliphatic carbocycles. The second-order valence-corrected chi connectivity index (χ2v) is 8.15. The Morgan fingerprint density at radius 3 is 2.47 bits per heavy atom. The van der Waals surface area contributed by atoms with E-state index in [4.69, 9.17) is 9.47 Å². The smallest absolute Gasteiger partial charge is 0.233 e. The van der Waals surface area contributed by atoms with Gasteiger partial charge in [-0.25, -0.2) is 4.68 Å². The number of imide groups is 1. The first kappa shape index (κ1) is 21.9. The predicted molar refractivity (Wildman–Crippen MR) is 116 cm³/mol. The number of benzene rings is 1. The number of rotatable bonds is 8. The van der Waals surface area contributed by atoms with Crippen LogP contribution in [-0.2, 0) is 20.9 Å². The molecule has 1 saturated carbocycles. The lowest BCUT2D eigenvalue weighted by Gasteiger charge is -2.19. The minimum atomic E-state index is -0.278. The maximum atomic E-state index is 12.6. The van der Waals surface area contributed by atoms with E-state index in [1.54, 1.807) is 31.2 Å². The number of nitrogens with one attached hydrogen (secondary N) is 1. The minimum absolute atomic E-state index is 0.0462. The summed E-state index contributed by atoms with van der Waals surface area (Å²) in [5.41, 5.74) is 0.849. The van der Waals surface area contributed by atoms with Crippen LogP contribution in [0.1, 0.15) is 37.7 Å². The van der Waals surface area contributed by atoms with Gasteiger partial charge in [0.2, 0.25) is 17.7 Å². The molecule has 2 unspecified atom stereocenters. The molecule has 2 atom stereocenters. The molecule has 1 saturated heterocycles. The Labute approximate surface area is 186 Å². The first-order chi connectivity index (χ1) is 15.5. The molecular formula is C23H28N4O5. The number of anilines is 1. The van der Waals surface area contributed by atoms with Crippen molar-refractivity contribution in [1.82, 2.24) is 14.7 Å². The summed E-state index contributed by atoms with van der Waals surface area (Å²) in [5.74, 6) is 0.827. The Morgan fingerprint density at radius 1 is 1.09 bits per heavy atom. The zero-order chi connectivity index (χ0) is 22.7. The van der Waals surface area contributed by atoms with Crippen molar-refractivity contribution in [2.45, 2.75) is 38.6 Å². The van der Waals surface area contributed by atoms with E-state index in [0.717, 1.165) is 31.2 Å². The number of carbonyl (C=O) groups excluding carboxylic acids is 3. The van der Waals surface area contributed by atoms with E-state index in [1.165, 1.54) is 4.90 Å². The molecule has 2 fully saturated rings. The number of hydrogen-bond acceptors (Lipinski definition) is 6. The van der Waals surface area contributed by atoms with Gasteiger partial charge >= 0.3 is 0 Å². The van der Waals surface area contributed by atoms with Crippen LogP contribution in [0.15, 0.2) is 30.5 Å². The van der Waals surface area contributed by atoms with Crippen LogP contribution < -0.4 is 14.8 Å². The second kappa shape index (κ2) is 9.42. The number of hydrogen-bond donors (Lipinski definition) is 1. The summed E-state index contributed by atoms with van der Waals surface area (Å²) >= 11 is 0. The maximum absolute atomic E-state index is 12.6. The van der Waals surface area contributed by atoms with E-state index in [1.807, 2.05) is 18.2 Å². The zero-order valence-electron chi connectivity index (χ0n) is 18.4. The van der Waals surface area contributed by atoms with Crippen LogP contribution in [0, 0.1) is 11.8 Å². The number of aromatic nitrogens is 2. The van der Waals surface area contributed by atoms with Gasteiger partial charge in [0.05, 0.1) is 38.8 Å². The first-order valence-corrected chi connectivity index (χ1v) is 10.9. The molecule has 1 aromatic carbocycles. The van der Waals surface area contributed by atoms with Gasteiger partial charge in [0.15, 0.2) is 11.5 Å². The van der Waals surface area contributed by atoms with Gasteiger partial charge < -0.3 is 14.8 Å². The van der Waals surface area contributed by atoms with E-state index in [0.29, 0.717) is 23.9 Å². The molecule has 2 heterocycles. The average Bonchev–Trinajstić information content (AvgIpc) is 3.34. The van der Waals surface area contributed by atoms with Gasteiger partial charge in [-0.3, -0.25) is 19.3 Å². The Morgan fingerprint density at radius 2 is 1.81 bits per heavy atom. The largest absolute Gasteiger partial charge is 0.493 e. The number of nitrogens with zero attached hydrogens (tertiary/aromatic N) is 3. The Hall–Kier alpha value is -3.36. The van der Waals surface area contributed by atoms with Crippen LogP contribution in [0.2, 0.25) is 0 Å². The quantitative estimate of drug-likeness (QED) is 0.633. The first-order valence-electron chi connectivity index (χ1n) is 10.9. The molecule has 1 aromatic heterocycles. The average molecular weight is 441 g/mol. The van der Waals surface area contributed by atoms with Gasteiger partial charge in [-0.05, 0) is 18.9 Å². The Bertz CT molecular complexity index is 994. The fraction of sp³-hybridized carbons (Fsp3) is 0.478. The van der Waals surface area contributed by atoms with Gasteiger partial charge in [0.25, 0.3) is 0 Å². The normalized spacial score (nSPS) is 20.2. The van der Waals surface area contributed by atoms with Crippen molar-refractivity contribution in [2.75, 3.05) is 26.1 Å². The number of carbonyl (C=O) groups is 3. The monoisotopic (exact) mass is 440 g/mol. The van der Waals surface area contributed by atoms with E-state index in [-0.39, 0.29) is 42.5 Å². The highest BCUT2D eigenvalue weighted by atomic mass is 16.5. The maximum Gasteiger partial charge on any atom is 0.233 e. The van der Waals surface area contributed by atoms with Gasteiger partial charge in [-0.1, -0.05) is 25.0 Å². The molecule has 4 rings (SSSR count). The van der Waals surface area contributed by atoms with Crippen molar-refractivity contribution < 1.29 is 23.9 Å². The summed E-state index contributed by atoms with van der Waals surface area (Å²) in [6, 6.07) is 7.27. The molecule has 1 N–H and O–H groups in total. The molecule has 32 heavy (non-hydrogen) atoms. The summed E-state index contributed by atoms with van der Waals surface area (Å²) in [5, 5.41) is 7.13. The van der Waals surface area contributed by atoms with Gasteiger partial charge in [-0.15, -0.1) is 0 Å². The molecule has 9 nitrogen and oxygen atoms in total. The lowest BCUT2D eigenvalue weighted by atomic mass is 9.81. The van der Waals surface area contributed by atoms with Crippen LogP contribution >= 0.6 is 0 Å². The highest BCUT2D eigenvalue weighted by Gasteiger charge is 2.47. The minimum Gasteiger partial charge on any atom is -0.493 e. The van der Waals surface area contributed by atoms with Gasteiger partial charge in [0, 0.05) is 24.6 Å². The lowest BCUT2D eigenvalue weighted by molar-refractivity contribution is -0.140. The number of methoxy groups -OCH3 is 2. The van der Waals surface area contributed by atoms with Crippen molar-refractivity contribution in [2.24, 2.45) is 11.8 Å². The summed E-state index contributed by atoms with van der Waals surface area (Å²) in [7, 11) is 3.15. The molecule has 0 spiro atoms. The molecule has 3 amide bonds. The third-order valence-corrected chi connectivity index (χ3v) is 6.28. The highest BCUT2D eigenvalue weighted by molar-refractivity contribution is 6.05. The second-order valence-electron chi connectivity index (χ2n) is 8.15. The molecule has 2 aliphatic rings. The number of ether oxygens (including phenoxy) is 2. The van der Waals surface area contributed by atoms with Crippen molar-refractivity contribution in [3.05, 3.63) is 36.0 Å². The zero-order valence-corrected chi connectivity index (χ0v) is 18.4. The molecule has 2 aromatic rings. The van der Waals surface area contributed by atoms with Gasteiger partial charge in [-0.2, -0.15) is 5.10 Å². The SMILES string of the molecule is COc1cccc(Cn2nccc2NC(=O)CCN2C(=O)C3CCCCC3C2=O)c1OC. The molecule has 9 heteroatoms. The number of likely N-dealkylation sites (tertiary alicyclic amines) is 1. The van der Waals surface area contributed by atoms with E-state index in [2.05, 4.69) is 10.4 Å². The number of para-hydroxylation sites is 1. The number of amides is 3. The summed E-state index contributed by atoms with van der Waals surface area (Å²) in [6.45, 7) is 0.476. The Kier molecular flexibility index (Phi) is 6.43. The fourth-order valence-electron chi connectivity index (χ4n) is 4.67. The predicted octanol–water partition coefficient (Wildman–Crippen LogP) is 2.45. The van der Waals surface area contributed by atoms with Crippen LogP contribution in [0.5, 0.6) is 11.5 Å². The standard InChI is InChI=1S/C23H28N4O5/c1-31-18-9-5-6-15(21(18)32-2)14-27-19(10-12-24-27)25-20(28)11-13-26-22(29)16-7-3-4-8-17(16)23(26)30/h5-6,9-10,12,16-17H,3-4,7-8,11,13-14H2,1-2H3,(H,25,28). The van der Waals surface area contributed by atoms with Crippen molar-refractivity contribution in [1.29, 1.82) is 0 Å². The van der Waals surface area contributed by atoms with Crippen molar-refractivity contribution >= 4 is 23.5 Å². The number of fused-ring (bicyclic) bond motifs is 1. The summed E-state index contributed by atoms with van der Waals surface area (Å²) in [4.78, 5) is 39.0. The van der Waals surface area contributed by atoms with E-state index >= 15 is 0 Å². The van der Waals surface area contributed by atoms with Crippen LogP contribution in [0.25, 0.3) is 0 Å².